The lowest BCUT2D eigenvalue weighted by Gasteiger charge is -2.26. The van der Waals surface area contributed by atoms with Crippen molar-refractivity contribution in [3.63, 3.8) is 0 Å². The van der Waals surface area contributed by atoms with E-state index in [0.717, 1.165) is 41.8 Å². The smallest absolute Gasteiger partial charge is 0.224 e. The summed E-state index contributed by atoms with van der Waals surface area (Å²) in [5.74, 6) is 0.962. The SMILES string of the molecule is Cc1c(N)cnc(NCCC(=O)N2CCCCC2)c1Br. The van der Waals surface area contributed by atoms with Crippen molar-refractivity contribution in [2.45, 2.75) is 32.6 Å². The highest BCUT2D eigenvalue weighted by molar-refractivity contribution is 9.10. The van der Waals surface area contributed by atoms with Gasteiger partial charge in [-0.25, -0.2) is 4.98 Å². The van der Waals surface area contributed by atoms with E-state index in [4.69, 9.17) is 5.73 Å². The Hall–Kier alpha value is -1.30. The van der Waals surface area contributed by atoms with E-state index >= 15 is 0 Å². The topological polar surface area (TPSA) is 71.2 Å². The van der Waals surface area contributed by atoms with Gasteiger partial charge in [0, 0.05) is 26.1 Å². The molecule has 0 aliphatic carbocycles. The van der Waals surface area contributed by atoms with E-state index in [1.165, 1.54) is 6.42 Å². The number of carbonyl (C=O) groups is 1. The Kier molecular flexibility index (Phi) is 5.23. The molecule has 20 heavy (non-hydrogen) atoms. The third-order valence-corrected chi connectivity index (χ3v) is 4.61. The Morgan fingerprint density at radius 1 is 1.45 bits per heavy atom. The maximum atomic E-state index is 12.0. The lowest BCUT2D eigenvalue weighted by Crippen LogP contribution is -2.36. The highest BCUT2D eigenvalue weighted by atomic mass is 79.9. The first kappa shape index (κ1) is 15.1. The number of carbonyl (C=O) groups excluding carboxylic acids is 1. The molecule has 1 aromatic heterocycles. The second kappa shape index (κ2) is 6.92. The van der Waals surface area contributed by atoms with Crippen molar-refractivity contribution in [1.29, 1.82) is 0 Å². The first-order valence-electron chi connectivity index (χ1n) is 7.02. The van der Waals surface area contributed by atoms with Crippen LogP contribution in [0.2, 0.25) is 0 Å². The molecule has 0 bridgehead atoms. The minimum absolute atomic E-state index is 0.223. The van der Waals surface area contributed by atoms with Gasteiger partial charge in [-0.3, -0.25) is 4.79 Å². The molecule has 1 amide bonds. The summed E-state index contributed by atoms with van der Waals surface area (Å²) in [5.41, 5.74) is 7.40. The van der Waals surface area contributed by atoms with Crippen molar-refractivity contribution in [2.75, 3.05) is 30.7 Å². The highest BCUT2D eigenvalue weighted by Gasteiger charge is 2.16. The number of likely N-dealkylation sites (tertiary alicyclic amines) is 1. The molecule has 0 atom stereocenters. The molecule has 2 heterocycles. The van der Waals surface area contributed by atoms with Gasteiger partial charge in [0.25, 0.3) is 0 Å². The fraction of sp³-hybridized carbons (Fsp3) is 0.571. The number of aromatic nitrogens is 1. The van der Waals surface area contributed by atoms with Gasteiger partial charge in [0.15, 0.2) is 0 Å². The van der Waals surface area contributed by atoms with Crippen LogP contribution in [0.1, 0.15) is 31.2 Å². The zero-order valence-electron chi connectivity index (χ0n) is 11.8. The fourth-order valence-electron chi connectivity index (χ4n) is 2.30. The maximum absolute atomic E-state index is 12.0. The number of rotatable bonds is 4. The molecule has 6 heteroatoms. The summed E-state index contributed by atoms with van der Waals surface area (Å²) < 4.78 is 0.864. The van der Waals surface area contributed by atoms with Crippen LogP contribution in [0.15, 0.2) is 10.7 Å². The summed E-state index contributed by atoms with van der Waals surface area (Å²) in [4.78, 5) is 18.2. The molecule has 5 nitrogen and oxygen atoms in total. The van der Waals surface area contributed by atoms with E-state index in [9.17, 15) is 4.79 Å². The van der Waals surface area contributed by atoms with Gasteiger partial charge in [0.05, 0.1) is 16.4 Å². The second-order valence-corrected chi connectivity index (χ2v) is 5.91. The molecule has 2 rings (SSSR count). The minimum Gasteiger partial charge on any atom is -0.397 e. The normalized spacial score (nSPS) is 15.2. The predicted octanol–water partition coefficient (Wildman–Crippen LogP) is 2.55. The summed E-state index contributed by atoms with van der Waals surface area (Å²) in [6, 6.07) is 0. The van der Waals surface area contributed by atoms with Crippen LogP contribution in [0.4, 0.5) is 11.5 Å². The van der Waals surface area contributed by atoms with Crippen molar-refractivity contribution in [3.05, 3.63) is 16.2 Å². The van der Waals surface area contributed by atoms with Crippen molar-refractivity contribution in [2.24, 2.45) is 0 Å². The molecule has 1 fully saturated rings. The zero-order valence-corrected chi connectivity index (χ0v) is 13.4. The predicted molar refractivity (Wildman–Crippen MR) is 84.6 cm³/mol. The molecule has 0 saturated carbocycles. The van der Waals surface area contributed by atoms with Crippen LogP contribution in [0.3, 0.4) is 0 Å². The van der Waals surface area contributed by atoms with E-state index < -0.39 is 0 Å². The number of nitrogens with zero attached hydrogens (tertiary/aromatic N) is 2. The number of hydrogen-bond acceptors (Lipinski definition) is 4. The van der Waals surface area contributed by atoms with Gasteiger partial charge in [0.2, 0.25) is 5.91 Å². The Morgan fingerprint density at radius 3 is 2.85 bits per heavy atom. The van der Waals surface area contributed by atoms with E-state index in [1.807, 2.05) is 11.8 Å². The number of piperidine rings is 1. The molecule has 0 radical (unpaired) electrons. The second-order valence-electron chi connectivity index (χ2n) is 5.12. The van der Waals surface area contributed by atoms with Gasteiger partial charge in [-0.05, 0) is 47.7 Å². The quantitative estimate of drug-likeness (QED) is 0.883. The summed E-state index contributed by atoms with van der Waals surface area (Å²) in [5, 5.41) is 3.19. The fourth-order valence-corrected chi connectivity index (χ4v) is 2.78. The number of nitrogen functional groups attached to an aromatic ring is 1. The number of pyridine rings is 1. The number of amides is 1. The van der Waals surface area contributed by atoms with Gasteiger partial charge in [-0.1, -0.05) is 0 Å². The van der Waals surface area contributed by atoms with E-state index in [0.29, 0.717) is 18.7 Å². The van der Waals surface area contributed by atoms with Crippen LogP contribution in [0.25, 0.3) is 0 Å². The minimum atomic E-state index is 0.223. The Bertz CT molecular complexity index is 486. The molecular formula is C14H21BrN4O. The molecular weight excluding hydrogens is 320 g/mol. The Labute approximate surface area is 128 Å². The first-order valence-corrected chi connectivity index (χ1v) is 7.81. The van der Waals surface area contributed by atoms with E-state index in [1.54, 1.807) is 6.20 Å². The summed E-state index contributed by atoms with van der Waals surface area (Å²) >= 11 is 3.47. The summed E-state index contributed by atoms with van der Waals surface area (Å²) in [6.45, 7) is 4.33. The monoisotopic (exact) mass is 340 g/mol. The zero-order chi connectivity index (χ0) is 14.5. The molecule has 110 valence electrons. The largest absolute Gasteiger partial charge is 0.397 e. The molecule has 0 unspecified atom stereocenters. The van der Waals surface area contributed by atoms with Crippen LogP contribution in [0.5, 0.6) is 0 Å². The summed E-state index contributed by atoms with van der Waals surface area (Å²) in [6.07, 6.45) is 5.63. The van der Waals surface area contributed by atoms with Crippen LogP contribution in [-0.4, -0.2) is 35.4 Å². The van der Waals surface area contributed by atoms with Gasteiger partial charge in [-0.15, -0.1) is 0 Å². The number of hydrogen-bond donors (Lipinski definition) is 2. The lowest BCUT2D eigenvalue weighted by molar-refractivity contribution is -0.131. The summed E-state index contributed by atoms with van der Waals surface area (Å²) in [7, 11) is 0. The highest BCUT2D eigenvalue weighted by Crippen LogP contribution is 2.27. The van der Waals surface area contributed by atoms with Gasteiger partial charge in [0.1, 0.15) is 5.82 Å². The van der Waals surface area contributed by atoms with Gasteiger partial charge >= 0.3 is 0 Å². The van der Waals surface area contributed by atoms with E-state index in [2.05, 4.69) is 26.2 Å². The van der Waals surface area contributed by atoms with E-state index in [-0.39, 0.29) is 5.91 Å². The van der Waals surface area contributed by atoms with Crippen LogP contribution >= 0.6 is 15.9 Å². The molecule has 0 aromatic carbocycles. The average molecular weight is 341 g/mol. The maximum Gasteiger partial charge on any atom is 0.224 e. The molecule has 1 saturated heterocycles. The van der Waals surface area contributed by atoms with Gasteiger partial charge in [-0.2, -0.15) is 0 Å². The lowest BCUT2D eigenvalue weighted by atomic mass is 10.1. The number of nitrogens with two attached hydrogens (primary N) is 1. The molecule has 0 spiro atoms. The van der Waals surface area contributed by atoms with Crippen LogP contribution < -0.4 is 11.1 Å². The molecule has 1 aliphatic rings. The molecule has 3 N–H and O–H groups in total. The number of anilines is 2. The standard InChI is InChI=1S/C14H21BrN4O/c1-10-11(16)9-18-14(13(10)15)17-6-5-12(20)19-7-3-2-4-8-19/h9H,2-8,16H2,1H3,(H,17,18). The van der Waals surface area contributed by atoms with Crippen molar-refractivity contribution in [1.82, 2.24) is 9.88 Å². The average Bonchev–Trinajstić information content (AvgIpc) is 2.48. The third kappa shape index (κ3) is 3.62. The van der Waals surface area contributed by atoms with Crippen LogP contribution in [-0.2, 0) is 4.79 Å². The first-order chi connectivity index (χ1) is 9.59. The molecule has 1 aliphatic heterocycles. The number of halogens is 1. The van der Waals surface area contributed by atoms with Crippen LogP contribution in [0, 0.1) is 6.92 Å². The van der Waals surface area contributed by atoms with Gasteiger partial charge < -0.3 is 16.0 Å². The van der Waals surface area contributed by atoms with Crippen molar-refractivity contribution < 1.29 is 4.79 Å². The third-order valence-electron chi connectivity index (χ3n) is 3.64. The Balaban J connectivity index is 1.83. The number of nitrogens with one attached hydrogen (secondary N) is 1. The van der Waals surface area contributed by atoms with Crippen molar-refractivity contribution >= 4 is 33.3 Å². The van der Waals surface area contributed by atoms with Crippen molar-refractivity contribution in [3.8, 4) is 0 Å². The molecule has 1 aromatic rings. The Morgan fingerprint density at radius 2 is 2.15 bits per heavy atom.